The van der Waals surface area contributed by atoms with Gasteiger partial charge in [-0.1, -0.05) is 30.3 Å². The first-order chi connectivity index (χ1) is 15.0. The lowest BCUT2D eigenvalue weighted by atomic mass is 10.1. The van der Waals surface area contributed by atoms with Gasteiger partial charge in [0.15, 0.2) is 11.6 Å². The van der Waals surface area contributed by atoms with Crippen molar-refractivity contribution in [2.45, 2.75) is 33.5 Å². The minimum absolute atomic E-state index is 0.0354. The average molecular weight is 434 g/mol. The highest BCUT2D eigenvalue weighted by Gasteiger charge is 2.27. The van der Waals surface area contributed by atoms with Gasteiger partial charge in [0.05, 0.1) is 23.8 Å². The van der Waals surface area contributed by atoms with Gasteiger partial charge in [-0.05, 0) is 37.6 Å². The summed E-state index contributed by atoms with van der Waals surface area (Å²) in [7, 11) is 0. The second-order valence-electron chi connectivity index (χ2n) is 7.60. The molecular formula is C23H20FN5OS. The Bertz CT molecular complexity index is 1260. The number of amides is 1. The summed E-state index contributed by atoms with van der Waals surface area (Å²) < 4.78 is 15.4. The first-order valence-electron chi connectivity index (χ1n) is 9.97. The minimum Gasteiger partial charge on any atom is -0.330 e. The molecule has 2 aromatic heterocycles. The Morgan fingerprint density at radius 2 is 1.87 bits per heavy atom. The fraction of sp³-hybridized carbons (Fsp3) is 0.217. The van der Waals surface area contributed by atoms with Gasteiger partial charge >= 0.3 is 0 Å². The van der Waals surface area contributed by atoms with Crippen molar-refractivity contribution < 1.29 is 9.18 Å². The quantitative estimate of drug-likeness (QED) is 0.480. The van der Waals surface area contributed by atoms with E-state index in [1.165, 1.54) is 6.07 Å². The van der Waals surface area contributed by atoms with Crippen LogP contribution in [0.15, 0.2) is 48.5 Å². The number of rotatable bonds is 4. The largest absolute Gasteiger partial charge is 0.330 e. The van der Waals surface area contributed by atoms with E-state index < -0.39 is 0 Å². The summed E-state index contributed by atoms with van der Waals surface area (Å²) >= 11 is 1.64. The zero-order valence-electron chi connectivity index (χ0n) is 17.2. The Hall–Kier alpha value is -3.39. The van der Waals surface area contributed by atoms with E-state index >= 15 is 0 Å². The highest BCUT2D eigenvalue weighted by molar-refractivity contribution is 7.11. The van der Waals surface area contributed by atoms with E-state index in [9.17, 15) is 9.18 Å². The van der Waals surface area contributed by atoms with Gasteiger partial charge < -0.3 is 4.90 Å². The lowest BCUT2D eigenvalue weighted by Gasteiger charge is -2.16. The van der Waals surface area contributed by atoms with Gasteiger partial charge in [0.1, 0.15) is 12.4 Å². The Morgan fingerprint density at radius 3 is 2.61 bits per heavy atom. The molecule has 0 bridgehead atoms. The van der Waals surface area contributed by atoms with Crippen LogP contribution in [0.25, 0.3) is 22.8 Å². The van der Waals surface area contributed by atoms with Crippen molar-refractivity contribution in [3.05, 3.63) is 75.5 Å². The number of carbonyl (C=O) groups is 1. The van der Waals surface area contributed by atoms with Crippen molar-refractivity contribution in [2.24, 2.45) is 0 Å². The average Bonchev–Trinajstić information content (AvgIpc) is 3.43. The molecule has 2 aromatic carbocycles. The third-order valence-corrected chi connectivity index (χ3v) is 6.32. The summed E-state index contributed by atoms with van der Waals surface area (Å²) in [5.41, 5.74) is 3.09. The Kier molecular flexibility index (Phi) is 4.86. The second-order valence-corrected chi connectivity index (χ2v) is 8.89. The zero-order chi connectivity index (χ0) is 21.5. The van der Waals surface area contributed by atoms with Gasteiger partial charge in [-0.2, -0.15) is 0 Å². The summed E-state index contributed by atoms with van der Waals surface area (Å²) in [6.07, 6.45) is 0. The number of aryl methyl sites for hydroxylation is 2. The molecule has 0 fully saturated rings. The van der Waals surface area contributed by atoms with Crippen LogP contribution in [-0.4, -0.2) is 30.6 Å². The first-order valence-corrected chi connectivity index (χ1v) is 10.8. The number of halogens is 1. The molecule has 156 valence electrons. The first kappa shape index (κ1) is 19.6. The summed E-state index contributed by atoms with van der Waals surface area (Å²) in [6.45, 7) is 4.87. The van der Waals surface area contributed by atoms with Crippen LogP contribution in [0, 0.1) is 19.7 Å². The fourth-order valence-corrected chi connectivity index (χ4v) is 4.69. The molecule has 31 heavy (non-hydrogen) atoms. The van der Waals surface area contributed by atoms with Crippen molar-refractivity contribution >= 4 is 17.2 Å². The second kappa shape index (κ2) is 7.70. The van der Waals surface area contributed by atoms with Crippen LogP contribution in [0.4, 0.5) is 4.39 Å². The number of hydrogen-bond acceptors (Lipinski definition) is 5. The predicted molar refractivity (Wildman–Crippen MR) is 117 cm³/mol. The predicted octanol–water partition coefficient (Wildman–Crippen LogP) is 4.37. The van der Waals surface area contributed by atoms with E-state index in [0.717, 1.165) is 21.1 Å². The maximum atomic E-state index is 13.7. The van der Waals surface area contributed by atoms with Gasteiger partial charge in [-0.15, -0.1) is 16.4 Å². The maximum Gasteiger partial charge on any atom is 0.245 e. The fourth-order valence-electron chi connectivity index (χ4n) is 3.73. The highest BCUT2D eigenvalue weighted by Crippen LogP contribution is 2.29. The van der Waals surface area contributed by atoms with Gasteiger partial charge in [-0.3, -0.25) is 4.79 Å². The van der Waals surface area contributed by atoms with Crippen molar-refractivity contribution in [2.75, 3.05) is 0 Å². The standard InChI is InChI=1S/C23H20FN5OS/c1-14-10-17(8-9-18(14)24)22-26-23(16-6-4-3-5-7-16)29(27-22)13-21(30)28-11-19-20(12-28)31-15(2)25-19/h3-10H,11-13H2,1-2H3. The molecule has 0 aliphatic carbocycles. The van der Waals surface area contributed by atoms with Gasteiger partial charge in [-0.25, -0.2) is 19.0 Å². The summed E-state index contributed by atoms with van der Waals surface area (Å²) in [5, 5.41) is 5.64. The Labute approximate surface area is 183 Å². The molecule has 1 aliphatic rings. The Morgan fingerprint density at radius 1 is 1.06 bits per heavy atom. The van der Waals surface area contributed by atoms with Crippen molar-refractivity contribution in [3.8, 4) is 22.8 Å². The van der Waals surface area contributed by atoms with E-state index in [2.05, 4.69) is 10.1 Å². The molecular weight excluding hydrogens is 413 g/mol. The van der Waals surface area contributed by atoms with Crippen LogP contribution >= 0.6 is 11.3 Å². The zero-order valence-corrected chi connectivity index (χ0v) is 18.0. The molecule has 6 nitrogen and oxygen atoms in total. The molecule has 4 aromatic rings. The number of benzene rings is 2. The molecule has 1 amide bonds. The van der Waals surface area contributed by atoms with Crippen molar-refractivity contribution in [1.29, 1.82) is 0 Å². The summed E-state index contributed by atoms with van der Waals surface area (Å²) in [5.74, 6) is 0.764. The highest BCUT2D eigenvalue weighted by atomic mass is 32.1. The number of nitrogens with zero attached hydrogens (tertiary/aromatic N) is 5. The molecule has 1 aliphatic heterocycles. The van der Waals surface area contributed by atoms with Crippen molar-refractivity contribution in [3.63, 3.8) is 0 Å². The molecule has 0 saturated carbocycles. The van der Waals surface area contributed by atoms with Gasteiger partial charge in [0, 0.05) is 16.0 Å². The molecule has 3 heterocycles. The molecule has 0 unspecified atom stereocenters. The molecule has 0 saturated heterocycles. The number of hydrogen-bond donors (Lipinski definition) is 0. The maximum absolute atomic E-state index is 13.7. The van der Waals surface area contributed by atoms with Crippen LogP contribution in [0.2, 0.25) is 0 Å². The van der Waals surface area contributed by atoms with E-state index in [4.69, 9.17) is 4.98 Å². The van der Waals surface area contributed by atoms with Crippen LogP contribution in [0.5, 0.6) is 0 Å². The van der Waals surface area contributed by atoms with E-state index in [0.29, 0.717) is 35.9 Å². The molecule has 8 heteroatoms. The minimum atomic E-state index is -0.271. The molecule has 5 rings (SSSR count). The number of aromatic nitrogens is 4. The SMILES string of the molecule is Cc1nc2c(s1)CN(C(=O)Cn1nc(-c3ccc(F)c(C)c3)nc1-c1ccccc1)C2. The smallest absolute Gasteiger partial charge is 0.245 e. The molecule has 0 N–H and O–H groups in total. The van der Waals surface area contributed by atoms with Crippen LogP contribution in [0.1, 0.15) is 21.1 Å². The molecule has 0 spiro atoms. The van der Waals surface area contributed by atoms with E-state index in [1.54, 1.807) is 40.0 Å². The van der Waals surface area contributed by atoms with Gasteiger partial charge in [0.25, 0.3) is 0 Å². The number of thiazole rings is 1. The topological polar surface area (TPSA) is 63.9 Å². The number of carbonyl (C=O) groups excluding carboxylic acids is 1. The molecule has 0 atom stereocenters. The third-order valence-electron chi connectivity index (χ3n) is 5.32. The molecule has 0 radical (unpaired) electrons. The summed E-state index contributed by atoms with van der Waals surface area (Å²) in [4.78, 5) is 25.2. The van der Waals surface area contributed by atoms with Crippen LogP contribution in [-0.2, 0) is 24.4 Å². The van der Waals surface area contributed by atoms with Crippen molar-refractivity contribution in [1.82, 2.24) is 24.6 Å². The Balaban J connectivity index is 1.46. The lowest BCUT2D eigenvalue weighted by molar-refractivity contribution is -0.132. The summed E-state index contributed by atoms with van der Waals surface area (Å²) in [6, 6.07) is 14.4. The monoisotopic (exact) mass is 433 g/mol. The van der Waals surface area contributed by atoms with Crippen LogP contribution in [0.3, 0.4) is 0 Å². The van der Waals surface area contributed by atoms with Gasteiger partial charge in [0.2, 0.25) is 5.91 Å². The van der Waals surface area contributed by atoms with Crippen LogP contribution < -0.4 is 0 Å². The van der Waals surface area contributed by atoms with E-state index in [-0.39, 0.29) is 18.3 Å². The van der Waals surface area contributed by atoms with E-state index in [1.807, 2.05) is 37.3 Å². The third kappa shape index (κ3) is 3.74. The number of fused-ring (bicyclic) bond motifs is 1. The normalized spacial score (nSPS) is 12.9. The lowest BCUT2D eigenvalue weighted by Crippen LogP contribution is -2.30.